The van der Waals surface area contributed by atoms with Gasteiger partial charge in [-0.05, 0) is 50.1 Å². The molecule has 3 nitrogen and oxygen atoms in total. The minimum atomic E-state index is 0.104. The smallest absolute Gasteiger partial charge is 0.228 e. The Morgan fingerprint density at radius 1 is 1.53 bits per heavy atom. The molecule has 0 radical (unpaired) electrons. The second-order valence-electron chi connectivity index (χ2n) is 4.49. The van der Waals surface area contributed by atoms with E-state index in [1.54, 1.807) is 0 Å². The van der Waals surface area contributed by atoms with Gasteiger partial charge in [0.05, 0.1) is 5.92 Å². The highest BCUT2D eigenvalue weighted by molar-refractivity contribution is 9.10. The quantitative estimate of drug-likeness (QED) is 0.881. The van der Waals surface area contributed by atoms with Crippen LogP contribution in [0, 0.1) is 12.8 Å². The van der Waals surface area contributed by atoms with Crippen LogP contribution in [-0.4, -0.2) is 19.0 Å². The van der Waals surface area contributed by atoms with Crippen LogP contribution in [0.3, 0.4) is 0 Å². The molecule has 17 heavy (non-hydrogen) atoms. The first-order chi connectivity index (χ1) is 8.16. The van der Waals surface area contributed by atoms with Crippen LogP contribution in [-0.2, 0) is 4.79 Å². The first-order valence-electron chi connectivity index (χ1n) is 5.94. The molecular formula is C13H17BrN2O. The molecule has 1 amide bonds. The molecule has 0 spiro atoms. The molecule has 92 valence electrons. The number of anilines is 1. The number of carbonyl (C=O) groups excluding carboxylic acids is 1. The van der Waals surface area contributed by atoms with Gasteiger partial charge in [0, 0.05) is 16.7 Å². The third-order valence-electron chi connectivity index (χ3n) is 3.11. The molecule has 2 rings (SSSR count). The lowest BCUT2D eigenvalue weighted by molar-refractivity contribution is -0.120. The van der Waals surface area contributed by atoms with Crippen LogP contribution in [0.25, 0.3) is 0 Å². The molecule has 1 aromatic rings. The lowest BCUT2D eigenvalue weighted by Gasteiger charge is -2.22. The number of amides is 1. The van der Waals surface area contributed by atoms with Gasteiger partial charge in [-0.1, -0.05) is 15.9 Å². The number of hydrogen-bond donors (Lipinski definition) is 2. The summed E-state index contributed by atoms with van der Waals surface area (Å²) in [6, 6.07) is 5.89. The largest absolute Gasteiger partial charge is 0.326 e. The highest BCUT2D eigenvalue weighted by atomic mass is 79.9. The van der Waals surface area contributed by atoms with Gasteiger partial charge in [-0.2, -0.15) is 0 Å². The van der Waals surface area contributed by atoms with Crippen molar-refractivity contribution < 1.29 is 4.79 Å². The summed E-state index contributed by atoms with van der Waals surface area (Å²) >= 11 is 3.42. The second kappa shape index (κ2) is 5.65. The first kappa shape index (κ1) is 12.6. The van der Waals surface area contributed by atoms with E-state index in [1.165, 1.54) is 0 Å². The zero-order valence-corrected chi connectivity index (χ0v) is 11.5. The van der Waals surface area contributed by atoms with Crippen molar-refractivity contribution in [3.05, 3.63) is 28.2 Å². The highest BCUT2D eigenvalue weighted by Crippen LogP contribution is 2.21. The summed E-state index contributed by atoms with van der Waals surface area (Å²) in [5, 5.41) is 6.26. The van der Waals surface area contributed by atoms with Crippen molar-refractivity contribution in [2.75, 3.05) is 18.4 Å². The van der Waals surface area contributed by atoms with Crippen molar-refractivity contribution in [2.24, 2.45) is 5.92 Å². The monoisotopic (exact) mass is 296 g/mol. The Labute approximate surface area is 110 Å². The molecule has 1 heterocycles. The lowest BCUT2D eigenvalue weighted by Crippen LogP contribution is -2.37. The Bertz CT molecular complexity index is 414. The topological polar surface area (TPSA) is 41.1 Å². The molecule has 0 aromatic heterocycles. The van der Waals surface area contributed by atoms with Gasteiger partial charge in [0.25, 0.3) is 0 Å². The van der Waals surface area contributed by atoms with Gasteiger partial charge in [0.2, 0.25) is 5.91 Å². The number of hydrogen-bond acceptors (Lipinski definition) is 2. The molecule has 2 N–H and O–H groups in total. The summed E-state index contributed by atoms with van der Waals surface area (Å²) in [7, 11) is 0. The van der Waals surface area contributed by atoms with Crippen LogP contribution in [0.2, 0.25) is 0 Å². The molecule has 4 heteroatoms. The summed E-state index contributed by atoms with van der Waals surface area (Å²) in [5.74, 6) is 0.231. The average Bonchev–Trinajstić information content (AvgIpc) is 2.34. The number of carbonyl (C=O) groups is 1. The molecule has 1 saturated heterocycles. The van der Waals surface area contributed by atoms with E-state index in [0.29, 0.717) is 0 Å². The molecule has 0 saturated carbocycles. The molecule has 0 unspecified atom stereocenters. The molecule has 1 aromatic carbocycles. The standard InChI is InChI=1S/C13H17BrN2O/c1-9-7-11(14)4-5-12(9)16-13(17)10-3-2-6-15-8-10/h4-5,7,10,15H,2-3,6,8H2,1H3,(H,16,17)/t10-/m1/s1. The van der Waals surface area contributed by atoms with Crippen molar-refractivity contribution in [2.45, 2.75) is 19.8 Å². The van der Waals surface area contributed by atoms with Crippen molar-refractivity contribution in [3.63, 3.8) is 0 Å². The SMILES string of the molecule is Cc1cc(Br)ccc1NC(=O)[C@@H]1CCCNC1. The summed E-state index contributed by atoms with van der Waals surface area (Å²) < 4.78 is 1.03. The Morgan fingerprint density at radius 2 is 2.35 bits per heavy atom. The minimum absolute atomic E-state index is 0.104. The maximum Gasteiger partial charge on any atom is 0.228 e. The Hall–Kier alpha value is -0.870. The zero-order valence-electron chi connectivity index (χ0n) is 9.92. The number of rotatable bonds is 2. The number of nitrogens with one attached hydrogen (secondary N) is 2. The van der Waals surface area contributed by atoms with E-state index in [-0.39, 0.29) is 11.8 Å². The van der Waals surface area contributed by atoms with Gasteiger partial charge >= 0.3 is 0 Å². The van der Waals surface area contributed by atoms with Crippen LogP contribution >= 0.6 is 15.9 Å². The first-order valence-corrected chi connectivity index (χ1v) is 6.74. The van der Waals surface area contributed by atoms with Crippen molar-refractivity contribution >= 4 is 27.5 Å². The number of halogens is 1. The zero-order chi connectivity index (χ0) is 12.3. The fourth-order valence-electron chi connectivity index (χ4n) is 2.08. The Morgan fingerprint density at radius 3 is 3.00 bits per heavy atom. The van der Waals surface area contributed by atoms with Gasteiger partial charge < -0.3 is 10.6 Å². The molecule has 0 bridgehead atoms. The van der Waals surface area contributed by atoms with E-state index in [0.717, 1.165) is 41.7 Å². The third-order valence-corrected chi connectivity index (χ3v) is 3.61. The van der Waals surface area contributed by atoms with Crippen LogP contribution in [0.1, 0.15) is 18.4 Å². The minimum Gasteiger partial charge on any atom is -0.326 e. The third kappa shape index (κ3) is 3.30. The van der Waals surface area contributed by atoms with E-state index in [2.05, 4.69) is 26.6 Å². The molecule has 1 atom stereocenters. The maximum atomic E-state index is 12.0. The van der Waals surface area contributed by atoms with Crippen LogP contribution < -0.4 is 10.6 Å². The fraction of sp³-hybridized carbons (Fsp3) is 0.462. The maximum absolute atomic E-state index is 12.0. The van der Waals surface area contributed by atoms with Crippen LogP contribution in [0.5, 0.6) is 0 Å². The summed E-state index contributed by atoms with van der Waals surface area (Å²) in [6.45, 7) is 3.82. The Balaban J connectivity index is 2.02. The van der Waals surface area contributed by atoms with Gasteiger partial charge in [-0.15, -0.1) is 0 Å². The molecule has 1 aliphatic rings. The van der Waals surface area contributed by atoms with E-state index >= 15 is 0 Å². The number of benzene rings is 1. The fourth-order valence-corrected chi connectivity index (χ4v) is 2.55. The van der Waals surface area contributed by atoms with Gasteiger partial charge in [-0.25, -0.2) is 0 Å². The average molecular weight is 297 g/mol. The molecule has 0 aliphatic carbocycles. The summed E-state index contributed by atoms with van der Waals surface area (Å²) in [6.07, 6.45) is 2.06. The summed E-state index contributed by atoms with van der Waals surface area (Å²) in [5.41, 5.74) is 1.99. The van der Waals surface area contributed by atoms with Crippen LogP contribution in [0.15, 0.2) is 22.7 Å². The predicted molar refractivity (Wildman–Crippen MR) is 73.1 cm³/mol. The highest BCUT2D eigenvalue weighted by Gasteiger charge is 2.21. The Kier molecular flexibility index (Phi) is 4.18. The normalized spacial score (nSPS) is 20.0. The van der Waals surface area contributed by atoms with E-state index in [4.69, 9.17) is 0 Å². The van der Waals surface area contributed by atoms with Crippen molar-refractivity contribution in [1.29, 1.82) is 0 Å². The molecule has 1 aliphatic heterocycles. The van der Waals surface area contributed by atoms with Crippen LogP contribution in [0.4, 0.5) is 5.69 Å². The van der Waals surface area contributed by atoms with E-state index in [1.807, 2.05) is 25.1 Å². The van der Waals surface area contributed by atoms with E-state index < -0.39 is 0 Å². The molecular weight excluding hydrogens is 280 g/mol. The second-order valence-corrected chi connectivity index (χ2v) is 5.41. The van der Waals surface area contributed by atoms with Gasteiger partial charge in [-0.3, -0.25) is 4.79 Å². The number of aryl methyl sites for hydroxylation is 1. The lowest BCUT2D eigenvalue weighted by atomic mass is 9.98. The van der Waals surface area contributed by atoms with Crippen molar-refractivity contribution in [3.8, 4) is 0 Å². The van der Waals surface area contributed by atoms with Gasteiger partial charge in [0.1, 0.15) is 0 Å². The molecule has 1 fully saturated rings. The van der Waals surface area contributed by atoms with Gasteiger partial charge in [0.15, 0.2) is 0 Å². The summed E-state index contributed by atoms with van der Waals surface area (Å²) in [4.78, 5) is 12.0. The van der Waals surface area contributed by atoms with E-state index in [9.17, 15) is 4.79 Å². The number of piperidine rings is 1. The predicted octanol–water partition coefficient (Wildman–Crippen LogP) is 2.70. The van der Waals surface area contributed by atoms with Crippen molar-refractivity contribution in [1.82, 2.24) is 5.32 Å².